The van der Waals surface area contributed by atoms with Crippen molar-refractivity contribution >= 4 is 29.2 Å². The number of hydrogen-bond acceptors (Lipinski definition) is 4. The minimum atomic E-state index is -0.466. The van der Waals surface area contributed by atoms with Crippen LogP contribution in [0.5, 0.6) is 0 Å². The maximum atomic E-state index is 12.2. The monoisotopic (exact) mass is 370 g/mol. The summed E-state index contributed by atoms with van der Waals surface area (Å²) in [4.78, 5) is 19.7. The molecule has 1 N–H and O–H groups in total. The summed E-state index contributed by atoms with van der Waals surface area (Å²) in [5.41, 5.74) is 1.63. The molecule has 0 amide bonds. The van der Waals surface area contributed by atoms with Crippen LogP contribution in [0, 0.1) is 0 Å². The van der Waals surface area contributed by atoms with Gasteiger partial charge in [-0.3, -0.25) is 0 Å². The summed E-state index contributed by atoms with van der Waals surface area (Å²) in [7, 11) is 0. The van der Waals surface area contributed by atoms with Gasteiger partial charge in [-0.1, -0.05) is 23.2 Å². The normalized spacial score (nSPS) is 12.2. The number of benzene rings is 1. The molecule has 7 heteroatoms. The number of carbonyl (C=O) groups excluding carboxylic acids is 1. The molecule has 5 nitrogen and oxygen atoms in total. The predicted octanol–water partition coefficient (Wildman–Crippen LogP) is 4.53. The Morgan fingerprint density at radius 3 is 2.46 bits per heavy atom. The van der Waals surface area contributed by atoms with Crippen LogP contribution in [0.3, 0.4) is 0 Å². The fourth-order valence-corrected chi connectivity index (χ4v) is 2.91. The Morgan fingerprint density at radius 2 is 1.88 bits per heavy atom. The fourth-order valence-electron chi connectivity index (χ4n) is 2.38. The van der Waals surface area contributed by atoms with Gasteiger partial charge in [-0.2, -0.15) is 0 Å². The first-order valence-corrected chi connectivity index (χ1v) is 8.54. The Balaban J connectivity index is 2.41. The Hall–Kier alpha value is -1.56. The second-order valence-corrected chi connectivity index (χ2v) is 6.13. The molecule has 0 spiro atoms. The van der Waals surface area contributed by atoms with Crippen LogP contribution in [0.1, 0.15) is 37.0 Å². The van der Waals surface area contributed by atoms with Gasteiger partial charge in [0, 0.05) is 28.6 Å². The average Bonchev–Trinajstić information content (AvgIpc) is 2.90. The number of imidazole rings is 1. The van der Waals surface area contributed by atoms with E-state index in [1.54, 1.807) is 25.1 Å². The molecule has 1 aromatic heterocycles. The highest BCUT2D eigenvalue weighted by molar-refractivity contribution is 6.35. The van der Waals surface area contributed by atoms with Gasteiger partial charge in [-0.25, -0.2) is 9.78 Å². The first-order chi connectivity index (χ1) is 11.4. The first-order valence-electron chi connectivity index (χ1n) is 7.78. The van der Waals surface area contributed by atoms with Crippen molar-refractivity contribution in [1.82, 2.24) is 9.97 Å². The van der Waals surface area contributed by atoms with E-state index in [1.165, 1.54) is 0 Å². The Bertz CT molecular complexity index is 696. The largest absolute Gasteiger partial charge is 0.461 e. The second-order valence-electron chi connectivity index (χ2n) is 5.26. The van der Waals surface area contributed by atoms with Crippen LogP contribution in [-0.2, 0) is 15.9 Å². The molecule has 130 valence electrons. The lowest BCUT2D eigenvalue weighted by Gasteiger charge is -2.10. The van der Waals surface area contributed by atoms with E-state index in [4.69, 9.17) is 32.7 Å². The topological polar surface area (TPSA) is 64.2 Å². The summed E-state index contributed by atoms with van der Waals surface area (Å²) < 4.78 is 10.6. The molecule has 0 aliphatic rings. The number of hydrogen-bond donors (Lipinski definition) is 1. The lowest BCUT2D eigenvalue weighted by Crippen LogP contribution is -2.15. The van der Waals surface area contributed by atoms with Gasteiger partial charge in [0.2, 0.25) is 0 Å². The van der Waals surface area contributed by atoms with Crippen molar-refractivity contribution in [3.63, 3.8) is 0 Å². The first kappa shape index (κ1) is 18.8. The van der Waals surface area contributed by atoms with Crippen molar-refractivity contribution in [3.8, 4) is 11.4 Å². The number of ether oxygens (including phenoxy) is 2. The van der Waals surface area contributed by atoms with E-state index in [0.29, 0.717) is 40.2 Å². The highest BCUT2D eigenvalue weighted by Gasteiger charge is 2.21. The second kappa shape index (κ2) is 8.51. The molecule has 0 radical (unpaired) electrons. The van der Waals surface area contributed by atoms with Crippen molar-refractivity contribution in [2.75, 3.05) is 13.2 Å². The Morgan fingerprint density at radius 1 is 1.21 bits per heavy atom. The zero-order valence-electron chi connectivity index (χ0n) is 13.9. The molecule has 0 saturated heterocycles. The number of esters is 1. The molecule has 2 rings (SSSR count). The van der Waals surface area contributed by atoms with Crippen LogP contribution in [0.4, 0.5) is 0 Å². The molecular formula is C17H20Cl2N2O3. The number of H-pyrrole nitrogens is 1. The molecule has 1 atom stereocenters. The molecule has 24 heavy (non-hydrogen) atoms. The van der Waals surface area contributed by atoms with Gasteiger partial charge in [-0.05, 0) is 39.0 Å². The van der Waals surface area contributed by atoms with Gasteiger partial charge < -0.3 is 14.5 Å². The molecule has 0 bridgehead atoms. The van der Waals surface area contributed by atoms with E-state index >= 15 is 0 Å². The van der Waals surface area contributed by atoms with Crippen molar-refractivity contribution < 1.29 is 14.3 Å². The van der Waals surface area contributed by atoms with Gasteiger partial charge in [0.25, 0.3) is 0 Å². The third-order valence-corrected chi connectivity index (χ3v) is 3.76. The summed E-state index contributed by atoms with van der Waals surface area (Å²) in [5, 5.41) is 0.992. The summed E-state index contributed by atoms with van der Waals surface area (Å²) in [6.45, 7) is 6.50. The van der Waals surface area contributed by atoms with Gasteiger partial charge in [0.15, 0.2) is 5.69 Å². The number of nitrogens with one attached hydrogen (secondary N) is 1. The molecule has 1 aromatic carbocycles. The number of rotatable bonds is 7. The summed E-state index contributed by atoms with van der Waals surface area (Å²) in [6.07, 6.45) is 0.461. The third-order valence-electron chi connectivity index (χ3n) is 3.33. The maximum Gasteiger partial charge on any atom is 0.358 e. The highest BCUT2D eigenvalue weighted by Crippen LogP contribution is 2.27. The Labute approximate surface area is 151 Å². The zero-order valence-corrected chi connectivity index (χ0v) is 15.4. The number of carbonyl (C=O) groups is 1. The summed E-state index contributed by atoms with van der Waals surface area (Å²) in [5.74, 6) is 0.0491. The summed E-state index contributed by atoms with van der Waals surface area (Å²) in [6, 6.07) is 5.10. The smallest absolute Gasteiger partial charge is 0.358 e. The van der Waals surface area contributed by atoms with E-state index < -0.39 is 5.97 Å². The molecule has 0 aliphatic heterocycles. The van der Waals surface area contributed by atoms with Crippen LogP contribution in [-0.4, -0.2) is 35.3 Å². The van der Waals surface area contributed by atoms with E-state index in [1.807, 2.05) is 13.8 Å². The molecule has 0 fully saturated rings. The standard InChI is InChI=1S/C17H20Cl2N2O3/c1-4-23-10(3)6-14-15(17(22)24-5-2)21-16(20-14)11-7-12(18)9-13(19)8-11/h7-10H,4-6H2,1-3H3,(H,20,21). The summed E-state index contributed by atoms with van der Waals surface area (Å²) >= 11 is 12.1. The number of aromatic nitrogens is 2. The van der Waals surface area contributed by atoms with Crippen LogP contribution < -0.4 is 0 Å². The van der Waals surface area contributed by atoms with Gasteiger partial charge >= 0.3 is 5.97 Å². The quantitative estimate of drug-likeness (QED) is 0.727. The van der Waals surface area contributed by atoms with Gasteiger partial charge in [-0.15, -0.1) is 0 Å². The third kappa shape index (κ3) is 4.72. The minimum Gasteiger partial charge on any atom is -0.461 e. The Kier molecular flexibility index (Phi) is 6.66. The van der Waals surface area contributed by atoms with Crippen LogP contribution in [0.15, 0.2) is 18.2 Å². The maximum absolute atomic E-state index is 12.2. The number of aromatic amines is 1. The van der Waals surface area contributed by atoms with Crippen LogP contribution in [0.2, 0.25) is 10.0 Å². The van der Waals surface area contributed by atoms with Crippen molar-refractivity contribution in [3.05, 3.63) is 39.6 Å². The van der Waals surface area contributed by atoms with Crippen molar-refractivity contribution in [2.24, 2.45) is 0 Å². The molecule has 1 heterocycles. The van der Waals surface area contributed by atoms with Crippen molar-refractivity contribution in [1.29, 1.82) is 0 Å². The van der Waals surface area contributed by atoms with Gasteiger partial charge in [0.1, 0.15) is 5.82 Å². The minimum absolute atomic E-state index is 0.0561. The van der Waals surface area contributed by atoms with Crippen LogP contribution in [0.25, 0.3) is 11.4 Å². The molecule has 0 saturated carbocycles. The fraction of sp³-hybridized carbons (Fsp3) is 0.412. The molecule has 2 aromatic rings. The number of halogens is 2. The lowest BCUT2D eigenvalue weighted by molar-refractivity contribution is 0.0514. The molecule has 0 aliphatic carbocycles. The molecule has 1 unspecified atom stereocenters. The highest BCUT2D eigenvalue weighted by atomic mass is 35.5. The number of nitrogens with zero attached hydrogens (tertiary/aromatic N) is 1. The predicted molar refractivity (Wildman–Crippen MR) is 94.8 cm³/mol. The van der Waals surface area contributed by atoms with Crippen LogP contribution >= 0.6 is 23.2 Å². The van der Waals surface area contributed by atoms with E-state index in [2.05, 4.69) is 9.97 Å². The SMILES string of the molecule is CCOC(=O)c1nc(-c2cc(Cl)cc(Cl)c2)[nH]c1CC(C)OCC. The van der Waals surface area contributed by atoms with E-state index in [0.717, 1.165) is 0 Å². The van der Waals surface area contributed by atoms with E-state index in [9.17, 15) is 4.79 Å². The average molecular weight is 371 g/mol. The van der Waals surface area contributed by atoms with E-state index in [-0.39, 0.29) is 18.4 Å². The van der Waals surface area contributed by atoms with Gasteiger partial charge in [0.05, 0.1) is 18.4 Å². The zero-order chi connectivity index (χ0) is 17.7. The lowest BCUT2D eigenvalue weighted by atomic mass is 10.2. The molecular weight excluding hydrogens is 351 g/mol. The van der Waals surface area contributed by atoms with Crippen molar-refractivity contribution in [2.45, 2.75) is 33.3 Å².